The van der Waals surface area contributed by atoms with Crippen LogP contribution in [0.4, 0.5) is 4.79 Å². The Morgan fingerprint density at radius 1 is 1.17 bits per heavy atom. The zero-order chi connectivity index (χ0) is 20.6. The van der Waals surface area contributed by atoms with E-state index in [0.29, 0.717) is 19.8 Å². The number of hydrogen-bond donors (Lipinski definition) is 0. The summed E-state index contributed by atoms with van der Waals surface area (Å²) in [4.78, 5) is 39.1. The first-order valence-electron chi connectivity index (χ1n) is 9.21. The van der Waals surface area contributed by atoms with Crippen molar-refractivity contribution in [1.82, 2.24) is 9.80 Å². The zero-order valence-electron chi connectivity index (χ0n) is 17.3. The van der Waals surface area contributed by atoms with Crippen molar-refractivity contribution in [3.8, 4) is 0 Å². The van der Waals surface area contributed by atoms with Crippen molar-refractivity contribution >= 4 is 28.2 Å². The van der Waals surface area contributed by atoms with E-state index in [0.717, 1.165) is 31.6 Å². The fourth-order valence-electron chi connectivity index (χ4n) is 2.91. The molecule has 162 valence electrons. The van der Waals surface area contributed by atoms with Gasteiger partial charge in [-0.05, 0) is 13.1 Å². The normalized spacial score (nSPS) is 26.1. The van der Waals surface area contributed by atoms with Crippen molar-refractivity contribution in [2.75, 3.05) is 72.2 Å². The van der Waals surface area contributed by atoms with Crippen LogP contribution in [0.3, 0.4) is 0 Å². The van der Waals surface area contributed by atoms with E-state index in [1.807, 2.05) is 0 Å². The molecular formula is C15H28N2NaO9PSi. The van der Waals surface area contributed by atoms with E-state index < -0.39 is 41.1 Å². The molecular weight excluding hydrogens is 434 g/mol. The Labute approximate surface area is 194 Å². The molecule has 0 aromatic heterocycles. The maximum atomic E-state index is 12.6. The summed E-state index contributed by atoms with van der Waals surface area (Å²) in [6, 6.07) is 0.0999. The predicted octanol–water partition coefficient (Wildman–Crippen LogP) is -3.46. The number of ether oxygens (including phenoxy) is 2. The maximum absolute atomic E-state index is 12.6. The number of nitrogens with zero attached hydrogens (tertiary/aromatic N) is 2. The molecule has 3 fully saturated rings. The third-order valence-electron chi connectivity index (χ3n) is 4.41. The number of hydrogen-bond acceptors (Lipinski definition) is 10. The quantitative estimate of drug-likeness (QED) is 0.204. The number of rotatable bonds is 8. The Morgan fingerprint density at radius 2 is 1.72 bits per heavy atom. The molecule has 3 aliphatic heterocycles. The van der Waals surface area contributed by atoms with E-state index in [2.05, 4.69) is 9.64 Å². The SMILES string of the molecule is CCOC(=O)N(CC(=O)OC)CP(=O)([O-])CC[Si]12OCCN(CCO1)CCO2.[Na+]. The zero-order valence-corrected chi connectivity index (χ0v) is 21.2. The summed E-state index contributed by atoms with van der Waals surface area (Å²) in [5.41, 5.74) is 0. The Balaban J connectivity index is 0.00000420. The summed E-state index contributed by atoms with van der Waals surface area (Å²) in [7, 11) is -6.02. The van der Waals surface area contributed by atoms with Gasteiger partial charge in [-0.3, -0.25) is 14.6 Å². The van der Waals surface area contributed by atoms with Crippen LogP contribution in [0.5, 0.6) is 0 Å². The molecule has 3 heterocycles. The van der Waals surface area contributed by atoms with E-state index >= 15 is 0 Å². The van der Waals surface area contributed by atoms with Gasteiger partial charge in [-0.25, -0.2) is 4.79 Å². The Hall–Kier alpha value is -0.0131. The molecule has 0 aromatic carbocycles. The summed E-state index contributed by atoms with van der Waals surface area (Å²) in [6.45, 7) is 4.68. The van der Waals surface area contributed by atoms with Gasteiger partial charge in [0.15, 0.2) is 0 Å². The molecule has 3 rings (SSSR count). The van der Waals surface area contributed by atoms with E-state index in [1.165, 1.54) is 0 Å². The number of carbonyl (C=O) groups is 2. The van der Waals surface area contributed by atoms with Gasteiger partial charge in [0, 0.05) is 33.0 Å². The fraction of sp³-hybridized carbons (Fsp3) is 0.867. The van der Waals surface area contributed by atoms with Crippen molar-refractivity contribution in [3.05, 3.63) is 0 Å². The van der Waals surface area contributed by atoms with E-state index in [-0.39, 0.29) is 48.4 Å². The monoisotopic (exact) mass is 462 g/mol. The van der Waals surface area contributed by atoms with Crippen LogP contribution in [0.1, 0.15) is 6.92 Å². The van der Waals surface area contributed by atoms with Gasteiger partial charge in [0.1, 0.15) is 6.54 Å². The summed E-state index contributed by atoms with van der Waals surface area (Å²) in [5, 5.41) is 0. The number of fused-ring (bicyclic) bond motifs is 6. The van der Waals surface area contributed by atoms with Crippen LogP contribution in [0.15, 0.2) is 0 Å². The average molecular weight is 462 g/mol. The van der Waals surface area contributed by atoms with Crippen molar-refractivity contribution < 1.29 is 71.4 Å². The van der Waals surface area contributed by atoms with Gasteiger partial charge in [-0.1, -0.05) is 0 Å². The van der Waals surface area contributed by atoms with Crippen molar-refractivity contribution in [3.63, 3.8) is 0 Å². The van der Waals surface area contributed by atoms with Gasteiger partial charge in [0.05, 0.1) is 39.8 Å². The summed E-state index contributed by atoms with van der Waals surface area (Å²) >= 11 is 0. The number of methoxy groups -OCH3 is 1. The minimum absolute atomic E-state index is 0. The Kier molecular flexibility index (Phi) is 11.9. The topological polar surface area (TPSA) is 127 Å². The first-order valence-corrected chi connectivity index (χ1v) is 13.1. The van der Waals surface area contributed by atoms with Crippen LogP contribution >= 0.6 is 7.37 Å². The third-order valence-corrected chi connectivity index (χ3v) is 9.30. The van der Waals surface area contributed by atoms with Crippen LogP contribution in [0.2, 0.25) is 6.04 Å². The van der Waals surface area contributed by atoms with Gasteiger partial charge in [0.25, 0.3) is 0 Å². The predicted molar refractivity (Wildman–Crippen MR) is 97.9 cm³/mol. The number of esters is 1. The van der Waals surface area contributed by atoms with Crippen LogP contribution in [-0.2, 0) is 32.1 Å². The molecule has 1 amide bonds. The second kappa shape index (κ2) is 12.7. The maximum Gasteiger partial charge on any atom is 1.00 e. The molecule has 1 atom stereocenters. The molecule has 0 aliphatic carbocycles. The first-order chi connectivity index (χ1) is 13.3. The summed E-state index contributed by atoms with van der Waals surface area (Å²) < 4.78 is 39.5. The van der Waals surface area contributed by atoms with E-state index in [4.69, 9.17) is 18.0 Å². The minimum atomic E-state index is -4.09. The van der Waals surface area contributed by atoms with Crippen LogP contribution in [0, 0.1) is 0 Å². The molecule has 0 saturated carbocycles. The van der Waals surface area contributed by atoms with E-state index in [1.54, 1.807) is 6.92 Å². The number of carbonyl (C=O) groups excluding carboxylic acids is 2. The molecule has 1 unspecified atom stereocenters. The van der Waals surface area contributed by atoms with Crippen LogP contribution in [0.25, 0.3) is 0 Å². The molecule has 3 saturated heterocycles. The molecule has 0 N–H and O–H groups in total. The molecule has 0 spiro atoms. The average Bonchev–Trinajstić information content (AvgIpc) is 2.59. The Bertz CT molecular complexity index is 574. The fourth-order valence-corrected chi connectivity index (χ4v) is 8.14. The summed E-state index contributed by atoms with van der Waals surface area (Å²) in [6.07, 6.45) is -1.79. The largest absolute Gasteiger partial charge is 1.00 e. The number of amides is 1. The molecule has 3 aliphatic rings. The van der Waals surface area contributed by atoms with Gasteiger partial charge >= 0.3 is 50.4 Å². The van der Waals surface area contributed by atoms with Gasteiger partial charge in [0.2, 0.25) is 0 Å². The molecule has 2 bridgehead atoms. The summed E-state index contributed by atoms with van der Waals surface area (Å²) in [5.74, 6) is -0.736. The van der Waals surface area contributed by atoms with Crippen molar-refractivity contribution in [2.24, 2.45) is 0 Å². The van der Waals surface area contributed by atoms with Crippen molar-refractivity contribution in [1.29, 1.82) is 0 Å². The molecule has 29 heavy (non-hydrogen) atoms. The van der Waals surface area contributed by atoms with Crippen molar-refractivity contribution in [2.45, 2.75) is 13.0 Å². The second-order valence-corrected chi connectivity index (χ2v) is 11.6. The standard InChI is InChI=1S/C15H29N2O9PSi.Na/c1-3-23-15(19)17(12-14(18)22-2)13-27(20,21)10-11-28-24-7-4-16(5-8-25-28)6-9-26-28;/h3-13H2,1-2H3,(H,20,21);/q;+1/p-1. The minimum Gasteiger partial charge on any atom is -0.798 e. The smallest absolute Gasteiger partial charge is 0.798 e. The Morgan fingerprint density at radius 3 is 2.21 bits per heavy atom. The molecule has 0 radical (unpaired) electrons. The van der Waals surface area contributed by atoms with Gasteiger partial charge in [-0.2, -0.15) is 0 Å². The van der Waals surface area contributed by atoms with Gasteiger partial charge in [-0.15, -0.1) is 0 Å². The van der Waals surface area contributed by atoms with Crippen LogP contribution in [-0.4, -0.2) is 103 Å². The first kappa shape index (κ1) is 27.0. The van der Waals surface area contributed by atoms with E-state index in [9.17, 15) is 19.0 Å². The second-order valence-electron chi connectivity index (χ2n) is 6.47. The van der Waals surface area contributed by atoms with Crippen LogP contribution < -0.4 is 34.5 Å². The third kappa shape index (κ3) is 8.94. The molecule has 11 nitrogen and oxygen atoms in total. The molecule has 0 aromatic rings. The molecule has 14 heteroatoms. The van der Waals surface area contributed by atoms with Gasteiger partial charge < -0.3 is 32.2 Å².